The third-order valence-corrected chi connectivity index (χ3v) is 1.74. The number of nitrogen functional groups attached to an aromatic ring is 1. The highest BCUT2D eigenvalue weighted by Crippen LogP contribution is 2.10. The number of hydrogen-bond donors (Lipinski definition) is 2. The molecule has 2 atom stereocenters. The van der Waals surface area contributed by atoms with Crippen molar-refractivity contribution in [3.8, 4) is 0 Å². The van der Waals surface area contributed by atoms with Gasteiger partial charge in [0.25, 0.3) is 0 Å². The first kappa shape index (κ1) is 8.07. The van der Waals surface area contributed by atoms with Gasteiger partial charge in [0.15, 0.2) is 0 Å². The van der Waals surface area contributed by atoms with Crippen LogP contribution in [0, 0.1) is 0 Å². The summed E-state index contributed by atoms with van der Waals surface area (Å²) in [5, 5.41) is 13.2. The van der Waals surface area contributed by atoms with Gasteiger partial charge in [-0.3, -0.25) is 4.68 Å². The summed E-state index contributed by atoms with van der Waals surface area (Å²) in [5.74, 6) is 0. The van der Waals surface area contributed by atoms with Gasteiger partial charge in [-0.05, 0) is 13.8 Å². The first-order valence-corrected chi connectivity index (χ1v) is 3.59. The van der Waals surface area contributed by atoms with E-state index in [0.29, 0.717) is 5.69 Å². The topological polar surface area (TPSA) is 64.1 Å². The highest BCUT2D eigenvalue weighted by atomic mass is 16.3. The second kappa shape index (κ2) is 2.92. The normalized spacial score (nSPS) is 16.3. The van der Waals surface area contributed by atoms with Crippen LogP contribution < -0.4 is 5.73 Å². The molecule has 0 radical (unpaired) electrons. The molecule has 1 heterocycles. The predicted molar refractivity (Wildman–Crippen MR) is 43.0 cm³/mol. The van der Waals surface area contributed by atoms with E-state index in [1.165, 1.54) is 0 Å². The fraction of sp³-hybridized carbons (Fsp3) is 0.571. The van der Waals surface area contributed by atoms with Crippen LogP contribution in [0.5, 0.6) is 0 Å². The molecule has 4 nitrogen and oxygen atoms in total. The number of hydrogen-bond acceptors (Lipinski definition) is 3. The number of nitrogens with two attached hydrogens (primary N) is 1. The molecule has 0 fully saturated rings. The highest BCUT2D eigenvalue weighted by molar-refractivity contribution is 5.30. The van der Waals surface area contributed by atoms with Gasteiger partial charge in [0.1, 0.15) is 0 Å². The van der Waals surface area contributed by atoms with Crippen LogP contribution in [0.1, 0.15) is 19.9 Å². The Morgan fingerprint density at radius 1 is 1.64 bits per heavy atom. The summed E-state index contributed by atoms with van der Waals surface area (Å²) in [6, 6.07) is -0.0210. The molecular formula is C7H13N3O. The van der Waals surface area contributed by atoms with Crippen LogP contribution in [0.3, 0.4) is 0 Å². The molecule has 0 aliphatic rings. The lowest BCUT2D eigenvalue weighted by molar-refractivity contribution is 0.132. The standard InChI is InChI=1S/C7H13N3O/c1-5(6(2)11)10-4-7(8)3-9-10/h3-6,11H,8H2,1-2H3. The van der Waals surface area contributed by atoms with Crippen molar-refractivity contribution in [1.29, 1.82) is 0 Å². The van der Waals surface area contributed by atoms with Gasteiger partial charge < -0.3 is 10.8 Å². The van der Waals surface area contributed by atoms with Gasteiger partial charge in [-0.15, -0.1) is 0 Å². The van der Waals surface area contributed by atoms with Crippen molar-refractivity contribution >= 4 is 5.69 Å². The zero-order valence-corrected chi connectivity index (χ0v) is 6.73. The molecule has 11 heavy (non-hydrogen) atoms. The van der Waals surface area contributed by atoms with Crippen molar-refractivity contribution in [3.63, 3.8) is 0 Å². The number of nitrogens with zero attached hydrogens (tertiary/aromatic N) is 2. The van der Waals surface area contributed by atoms with E-state index in [2.05, 4.69) is 5.10 Å². The largest absolute Gasteiger partial charge is 0.396 e. The maximum absolute atomic E-state index is 9.18. The summed E-state index contributed by atoms with van der Waals surface area (Å²) in [5.41, 5.74) is 6.07. The van der Waals surface area contributed by atoms with Crippen LogP contribution >= 0.6 is 0 Å². The zero-order chi connectivity index (χ0) is 8.43. The van der Waals surface area contributed by atoms with E-state index >= 15 is 0 Å². The summed E-state index contributed by atoms with van der Waals surface area (Å²) >= 11 is 0. The van der Waals surface area contributed by atoms with E-state index in [0.717, 1.165) is 0 Å². The molecule has 2 unspecified atom stereocenters. The molecule has 62 valence electrons. The van der Waals surface area contributed by atoms with Gasteiger partial charge in [0.05, 0.1) is 24.0 Å². The van der Waals surface area contributed by atoms with Crippen LogP contribution in [0.4, 0.5) is 5.69 Å². The van der Waals surface area contributed by atoms with Crippen LogP contribution in [0.2, 0.25) is 0 Å². The summed E-state index contributed by atoms with van der Waals surface area (Å²) in [6.07, 6.45) is 2.87. The number of aliphatic hydroxyl groups is 1. The summed E-state index contributed by atoms with van der Waals surface area (Å²) < 4.78 is 1.65. The summed E-state index contributed by atoms with van der Waals surface area (Å²) in [6.45, 7) is 3.61. The molecular weight excluding hydrogens is 142 g/mol. The average molecular weight is 155 g/mol. The van der Waals surface area contributed by atoms with Crippen molar-refractivity contribution in [3.05, 3.63) is 12.4 Å². The molecule has 0 saturated heterocycles. The Labute approximate surface area is 65.6 Å². The lowest BCUT2D eigenvalue weighted by atomic mass is 10.2. The Morgan fingerprint density at radius 3 is 2.64 bits per heavy atom. The van der Waals surface area contributed by atoms with Crippen molar-refractivity contribution in [2.45, 2.75) is 26.0 Å². The van der Waals surface area contributed by atoms with E-state index < -0.39 is 6.10 Å². The maximum atomic E-state index is 9.18. The number of anilines is 1. The first-order chi connectivity index (χ1) is 5.11. The van der Waals surface area contributed by atoms with Gasteiger partial charge in [0.2, 0.25) is 0 Å². The molecule has 3 N–H and O–H groups in total. The van der Waals surface area contributed by atoms with Crippen molar-refractivity contribution in [2.24, 2.45) is 0 Å². The van der Waals surface area contributed by atoms with Crippen LogP contribution in [-0.4, -0.2) is 21.0 Å². The molecule has 0 aliphatic heterocycles. The molecule has 0 amide bonds. The lowest BCUT2D eigenvalue weighted by Crippen LogP contribution is -2.18. The molecule has 0 aliphatic carbocycles. The number of aromatic nitrogens is 2. The third-order valence-electron chi connectivity index (χ3n) is 1.74. The Balaban J connectivity index is 2.76. The second-order valence-electron chi connectivity index (χ2n) is 2.73. The zero-order valence-electron chi connectivity index (χ0n) is 6.73. The summed E-state index contributed by atoms with van der Waals surface area (Å²) in [7, 11) is 0. The van der Waals surface area contributed by atoms with E-state index in [-0.39, 0.29) is 6.04 Å². The first-order valence-electron chi connectivity index (χ1n) is 3.59. The smallest absolute Gasteiger partial charge is 0.0748 e. The maximum Gasteiger partial charge on any atom is 0.0748 e. The molecule has 4 heteroatoms. The molecule has 0 bridgehead atoms. The Bertz CT molecular complexity index is 231. The second-order valence-corrected chi connectivity index (χ2v) is 2.73. The van der Waals surface area contributed by atoms with Gasteiger partial charge in [-0.2, -0.15) is 5.10 Å². The lowest BCUT2D eigenvalue weighted by Gasteiger charge is -2.14. The van der Waals surface area contributed by atoms with Gasteiger partial charge in [-0.1, -0.05) is 0 Å². The third kappa shape index (κ3) is 1.71. The minimum absolute atomic E-state index is 0.0210. The molecule has 0 spiro atoms. The molecule has 0 saturated carbocycles. The number of aliphatic hydroxyl groups excluding tert-OH is 1. The molecule has 1 aromatic heterocycles. The van der Waals surface area contributed by atoms with E-state index in [1.54, 1.807) is 24.0 Å². The Kier molecular flexibility index (Phi) is 2.14. The minimum atomic E-state index is -0.408. The summed E-state index contributed by atoms with van der Waals surface area (Å²) in [4.78, 5) is 0. The van der Waals surface area contributed by atoms with Crippen molar-refractivity contribution < 1.29 is 5.11 Å². The monoisotopic (exact) mass is 155 g/mol. The van der Waals surface area contributed by atoms with Gasteiger partial charge in [-0.25, -0.2) is 0 Å². The molecule has 1 aromatic rings. The fourth-order valence-electron chi connectivity index (χ4n) is 0.796. The molecule has 0 aromatic carbocycles. The van der Waals surface area contributed by atoms with Gasteiger partial charge >= 0.3 is 0 Å². The fourth-order valence-corrected chi connectivity index (χ4v) is 0.796. The van der Waals surface area contributed by atoms with E-state index in [4.69, 9.17) is 5.73 Å². The number of rotatable bonds is 2. The SMILES string of the molecule is CC(O)C(C)n1cc(N)cn1. The minimum Gasteiger partial charge on any atom is -0.396 e. The van der Waals surface area contributed by atoms with E-state index in [9.17, 15) is 5.11 Å². The molecule has 1 rings (SSSR count). The van der Waals surface area contributed by atoms with Crippen LogP contribution in [-0.2, 0) is 0 Å². The van der Waals surface area contributed by atoms with Gasteiger partial charge in [0, 0.05) is 6.20 Å². The van der Waals surface area contributed by atoms with Crippen molar-refractivity contribution in [2.75, 3.05) is 5.73 Å². The highest BCUT2D eigenvalue weighted by Gasteiger charge is 2.10. The van der Waals surface area contributed by atoms with Crippen molar-refractivity contribution in [1.82, 2.24) is 9.78 Å². The van der Waals surface area contributed by atoms with Crippen LogP contribution in [0.15, 0.2) is 12.4 Å². The van der Waals surface area contributed by atoms with E-state index in [1.807, 2.05) is 6.92 Å². The Morgan fingerprint density at radius 2 is 2.27 bits per heavy atom. The Hall–Kier alpha value is -1.03. The predicted octanol–water partition coefficient (Wildman–Crippen LogP) is 0.407. The van der Waals surface area contributed by atoms with Crippen LogP contribution in [0.25, 0.3) is 0 Å². The quantitative estimate of drug-likeness (QED) is 0.650. The average Bonchev–Trinajstić information content (AvgIpc) is 2.34.